The Bertz CT molecular complexity index is 741. The Kier molecular flexibility index (Phi) is 9.46. The van der Waals surface area contributed by atoms with E-state index in [-0.39, 0.29) is 17.9 Å². The molecule has 140 valence electrons. The summed E-state index contributed by atoms with van der Waals surface area (Å²) < 4.78 is 11.9. The third-order valence-corrected chi connectivity index (χ3v) is 6.28. The highest BCUT2D eigenvalue weighted by molar-refractivity contribution is 8.10. The number of aliphatic hydroxyl groups excluding tert-OH is 1. The number of nitrogens with one attached hydrogen (secondary N) is 3. The molecule has 1 aromatic rings. The molecule has 0 fully saturated rings. The Balaban J connectivity index is 2.63. The van der Waals surface area contributed by atoms with Crippen LogP contribution >= 0.6 is 11.8 Å². The third-order valence-electron chi connectivity index (χ3n) is 3.10. The molecule has 1 heterocycles. The number of hydrogen-bond donors (Lipinski definition) is 4. The van der Waals surface area contributed by atoms with Crippen molar-refractivity contribution in [1.82, 2.24) is 15.3 Å². The topological polar surface area (TPSA) is 132 Å². The quantitative estimate of drug-likeness (QED) is 0.321. The summed E-state index contributed by atoms with van der Waals surface area (Å²) in [5.74, 6) is 0.546. The molecule has 1 aromatic heterocycles. The van der Waals surface area contributed by atoms with E-state index >= 15 is 0 Å². The predicted molar refractivity (Wildman–Crippen MR) is 101 cm³/mol. The van der Waals surface area contributed by atoms with Crippen LogP contribution in [0, 0.1) is 6.92 Å². The minimum atomic E-state index is -1.15. The summed E-state index contributed by atoms with van der Waals surface area (Å²) in [6.07, 6.45) is 3.41. The number of carbonyl (C=O) groups is 1. The molecule has 0 radical (unpaired) electrons. The molecule has 0 aromatic carbocycles. The lowest BCUT2D eigenvalue weighted by atomic mass is 10.2. The average molecular weight is 389 g/mol. The molecule has 1 amide bonds. The second-order valence-electron chi connectivity index (χ2n) is 5.30. The van der Waals surface area contributed by atoms with E-state index in [0.29, 0.717) is 10.8 Å². The predicted octanol–water partition coefficient (Wildman–Crippen LogP) is -0.289. The maximum atomic E-state index is 11.9. The Labute approximate surface area is 152 Å². The zero-order valence-corrected chi connectivity index (χ0v) is 15.8. The van der Waals surface area contributed by atoms with Crippen LogP contribution in [0.25, 0.3) is 6.08 Å². The molecule has 0 aliphatic heterocycles. The minimum absolute atomic E-state index is 0.158. The molecule has 0 bridgehead atoms. The Morgan fingerprint density at radius 2 is 2.12 bits per heavy atom. The van der Waals surface area contributed by atoms with E-state index in [1.807, 2.05) is 6.92 Å². The van der Waals surface area contributed by atoms with Crippen molar-refractivity contribution in [3.8, 4) is 0 Å². The number of hydrogen-bond acceptors (Lipinski definition) is 6. The van der Waals surface area contributed by atoms with Crippen molar-refractivity contribution in [2.75, 3.05) is 23.2 Å². The van der Waals surface area contributed by atoms with E-state index < -0.39 is 34.0 Å². The van der Waals surface area contributed by atoms with Crippen LogP contribution in [-0.2, 0) is 15.6 Å². The maximum absolute atomic E-state index is 11.9. The van der Waals surface area contributed by atoms with Gasteiger partial charge in [0.15, 0.2) is 0 Å². The molecule has 10 heteroatoms. The molecule has 0 saturated carbocycles. The fourth-order valence-corrected chi connectivity index (χ4v) is 4.45. The molecule has 0 aliphatic carbocycles. The van der Waals surface area contributed by atoms with Crippen molar-refractivity contribution in [3.05, 3.63) is 38.2 Å². The summed E-state index contributed by atoms with van der Waals surface area (Å²) >= 11 is 1.57. The van der Waals surface area contributed by atoms with Crippen LogP contribution in [-0.4, -0.2) is 54.4 Å². The van der Waals surface area contributed by atoms with E-state index in [9.17, 15) is 23.7 Å². The van der Waals surface area contributed by atoms with Crippen LogP contribution in [0.2, 0.25) is 0 Å². The highest BCUT2D eigenvalue weighted by atomic mass is 32.2. The van der Waals surface area contributed by atoms with Crippen LogP contribution < -0.4 is 16.6 Å². The van der Waals surface area contributed by atoms with Crippen LogP contribution in [0.5, 0.6) is 0 Å². The largest absolute Gasteiger partial charge is 0.394 e. The number of aliphatic hydroxyl groups is 1. The second-order valence-corrected chi connectivity index (χ2v) is 8.27. The summed E-state index contributed by atoms with van der Waals surface area (Å²) in [6.45, 7) is 3.25. The minimum Gasteiger partial charge on any atom is -0.394 e. The standard InChI is InChI=1S/C15H23N3O5S2/c1-3-6-24-9-25(23)8-11(7-19)17-13(20)5-4-12-10(2)16-15(22)18-14(12)21/h4-5,11,19H,3,6-9H2,1-2H3,(H,17,20)(H2,16,18,21,22)/b5-4+. The van der Waals surface area contributed by atoms with Crippen molar-refractivity contribution in [3.63, 3.8) is 0 Å². The average Bonchev–Trinajstić information content (AvgIpc) is 2.53. The van der Waals surface area contributed by atoms with Gasteiger partial charge in [-0.25, -0.2) is 4.79 Å². The van der Waals surface area contributed by atoms with E-state index in [2.05, 4.69) is 15.3 Å². The van der Waals surface area contributed by atoms with Crippen molar-refractivity contribution in [1.29, 1.82) is 0 Å². The number of carbonyl (C=O) groups excluding carboxylic acids is 1. The van der Waals surface area contributed by atoms with Gasteiger partial charge < -0.3 is 15.4 Å². The van der Waals surface area contributed by atoms with Gasteiger partial charge in [-0.2, -0.15) is 0 Å². The van der Waals surface area contributed by atoms with Crippen LogP contribution in [0.1, 0.15) is 24.6 Å². The van der Waals surface area contributed by atoms with Crippen LogP contribution in [0.3, 0.4) is 0 Å². The molecule has 8 nitrogen and oxygen atoms in total. The van der Waals surface area contributed by atoms with Crippen LogP contribution in [0.15, 0.2) is 15.7 Å². The first kappa shape index (κ1) is 21.4. The number of amides is 1. The first-order valence-electron chi connectivity index (χ1n) is 7.72. The smallest absolute Gasteiger partial charge is 0.325 e. The zero-order valence-electron chi connectivity index (χ0n) is 14.2. The lowest BCUT2D eigenvalue weighted by molar-refractivity contribution is -0.117. The van der Waals surface area contributed by atoms with Crippen LogP contribution in [0.4, 0.5) is 0 Å². The molecule has 2 atom stereocenters. The molecule has 2 unspecified atom stereocenters. The Morgan fingerprint density at radius 3 is 2.72 bits per heavy atom. The van der Waals surface area contributed by atoms with Crippen molar-refractivity contribution in [2.45, 2.75) is 26.3 Å². The summed E-state index contributed by atoms with van der Waals surface area (Å²) in [5.41, 5.74) is -0.716. The van der Waals surface area contributed by atoms with Gasteiger partial charge in [-0.1, -0.05) is 6.92 Å². The second kappa shape index (κ2) is 11.1. The molecule has 0 saturated heterocycles. The number of aryl methyl sites for hydroxylation is 1. The highest BCUT2D eigenvalue weighted by Crippen LogP contribution is 2.05. The number of rotatable bonds is 10. The number of H-pyrrole nitrogens is 2. The van der Waals surface area contributed by atoms with Gasteiger partial charge in [0.25, 0.3) is 5.56 Å². The number of aromatic amines is 2. The van der Waals surface area contributed by atoms with Gasteiger partial charge in [0.05, 0.1) is 23.3 Å². The van der Waals surface area contributed by atoms with Crippen molar-refractivity contribution < 1.29 is 14.1 Å². The number of thioether (sulfide) groups is 1. The molecule has 4 N–H and O–H groups in total. The third kappa shape index (κ3) is 7.84. The van der Waals surface area contributed by atoms with Gasteiger partial charge in [-0.05, 0) is 25.2 Å². The highest BCUT2D eigenvalue weighted by Gasteiger charge is 2.14. The van der Waals surface area contributed by atoms with Crippen molar-refractivity contribution >= 4 is 34.5 Å². The SMILES string of the molecule is CCCSCS(=O)CC(CO)NC(=O)/C=C/c1c(C)[nH]c(=O)[nH]c1=O. The van der Waals surface area contributed by atoms with Gasteiger partial charge >= 0.3 is 5.69 Å². The zero-order chi connectivity index (χ0) is 18.8. The summed E-state index contributed by atoms with van der Waals surface area (Å²) in [4.78, 5) is 39.2. The normalized spacial score (nSPS) is 13.7. The Hall–Kier alpha value is -1.65. The molecule has 25 heavy (non-hydrogen) atoms. The van der Waals surface area contributed by atoms with Gasteiger partial charge in [0.1, 0.15) is 0 Å². The van der Waals surface area contributed by atoms with Gasteiger partial charge in [0.2, 0.25) is 5.91 Å². The molecule has 1 rings (SSSR count). The first-order chi connectivity index (χ1) is 11.9. The van der Waals surface area contributed by atoms with E-state index in [0.717, 1.165) is 18.2 Å². The van der Waals surface area contributed by atoms with E-state index in [1.165, 1.54) is 6.08 Å². The van der Waals surface area contributed by atoms with E-state index in [1.54, 1.807) is 18.7 Å². The fourth-order valence-electron chi connectivity index (χ4n) is 1.93. The van der Waals surface area contributed by atoms with Gasteiger partial charge in [-0.3, -0.25) is 18.8 Å². The molecular formula is C15H23N3O5S2. The lowest BCUT2D eigenvalue weighted by Gasteiger charge is -2.14. The first-order valence-corrected chi connectivity index (χ1v) is 10.4. The van der Waals surface area contributed by atoms with E-state index in [4.69, 9.17) is 0 Å². The molecule has 0 spiro atoms. The van der Waals surface area contributed by atoms with Crippen molar-refractivity contribution in [2.24, 2.45) is 0 Å². The lowest BCUT2D eigenvalue weighted by Crippen LogP contribution is -2.40. The monoisotopic (exact) mass is 389 g/mol. The molecule has 0 aliphatic rings. The number of aromatic nitrogens is 2. The Morgan fingerprint density at radius 1 is 1.40 bits per heavy atom. The summed E-state index contributed by atoms with van der Waals surface area (Å²) in [5, 5.41) is 12.3. The summed E-state index contributed by atoms with van der Waals surface area (Å²) in [7, 11) is -1.15. The fraction of sp³-hybridized carbons (Fsp3) is 0.533. The maximum Gasteiger partial charge on any atom is 0.325 e. The van der Waals surface area contributed by atoms with Gasteiger partial charge in [-0.15, -0.1) is 11.8 Å². The molecular weight excluding hydrogens is 366 g/mol. The summed E-state index contributed by atoms with van der Waals surface area (Å²) in [6, 6.07) is -0.629. The van der Waals surface area contributed by atoms with Gasteiger partial charge in [0, 0.05) is 28.3 Å².